The summed E-state index contributed by atoms with van der Waals surface area (Å²) in [7, 11) is 0. The van der Waals surface area contributed by atoms with Crippen LogP contribution in [0.25, 0.3) is 0 Å². The summed E-state index contributed by atoms with van der Waals surface area (Å²) in [6.07, 6.45) is 12.1. The summed E-state index contributed by atoms with van der Waals surface area (Å²) in [4.78, 5) is 24.1. The van der Waals surface area contributed by atoms with E-state index in [1.165, 1.54) is 25.7 Å². The van der Waals surface area contributed by atoms with Gasteiger partial charge in [-0.3, -0.25) is 4.79 Å². The van der Waals surface area contributed by atoms with Gasteiger partial charge < -0.3 is 9.47 Å². The van der Waals surface area contributed by atoms with Gasteiger partial charge in [-0.05, 0) is 105 Å². The van der Waals surface area contributed by atoms with Crippen molar-refractivity contribution in [3.05, 3.63) is 47.7 Å². The molecule has 7 atom stereocenters. The molecule has 3 aliphatic carbocycles. The molecule has 0 N–H and O–H groups in total. The molecule has 0 bridgehead atoms. The number of allylic oxidation sites excluding steroid dienone is 2. The average molecular weight is 465 g/mol. The first-order chi connectivity index (χ1) is 16.3. The molecule has 0 radical (unpaired) electrons. The average Bonchev–Trinajstić information content (AvgIpc) is 3.20. The summed E-state index contributed by atoms with van der Waals surface area (Å²) in [5.74, 6) is 4.22. The van der Waals surface area contributed by atoms with Crippen LogP contribution in [0, 0.1) is 40.4 Å². The molecule has 2 saturated carbocycles. The highest BCUT2D eigenvalue weighted by Crippen LogP contribution is 2.66. The highest BCUT2D eigenvalue weighted by molar-refractivity contribution is 5.89. The first kappa shape index (κ1) is 23.6. The summed E-state index contributed by atoms with van der Waals surface area (Å²) >= 11 is 0. The fourth-order valence-corrected chi connectivity index (χ4v) is 8.47. The molecule has 1 aromatic carbocycles. The zero-order valence-electron chi connectivity index (χ0n) is 21.1. The molecule has 1 aliphatic heterocycles. The van der Waals surface area contributed by atoms with Crippen LogP contribution in [0.1, 0.15) is 88.9 Å². The molecule has 0 aromatic heterocycles. The van der Waals surface area contributed by atoms with E-state index in [2.05, 4.69) is 26.8 Å². The zero-order valence-corrected chi connectivity index (χ0v) is 21.1. The van der Waals surface area contributed by atoms with E-state index in [9.17, 15) is 9.59 Å². The van der Waals surface area contributed by atoms with Gasteiger partial charge in [-0.15, -0.1) is 0 Å². The molecule has 4 aliphatic rings. The van der Waals surface area contributed by atoms with Crippen molar-refractivity contribution < 1.29 is 19.1 Å². The Balaban J connectivity index is 1.19. The fourth-order valence-electron chi connectivity index (χ4n) is 8.47. The number of hydrogen-bond donors (Lipinski definition) is 0. The first-order valence-electron chi connectivity index (χ1n) is 13.5. The van der Waals surface area contributed by atoms with E-state index < -0.39 is 0 Å². The van der Waals surface area contributed by atoms with Gasteiger partial charge in [0.2, 0.25) is 0 Å². The normalized spacial score (nSPS) is 37.5. The van der Waals surface area contributed by atoms with Crippen LogP contribution in [0.3, 0.4) is 0 Å². The van der Waals surface area contributed by atoms with Gasteiger partial charge in [-0.2, -0.15) is 0 Å². The second-order valence-corrected chi connectivity index (χ2v) is 11.9. The monoisotopic (exact) mass is 464 g/mol. The first-order valence-corrected chi connectivity index (χ1v) is 13.5. The number of hydrogen-bond acceptors (Lipinski definition) is 4. The molecule has 1 saturated heterocycles. The summed E-state index contributed by atoms with van der Waals surface area (Å²) in [6.45, 7) is 7.85. The van der Waals surface area contributed by atoms with E-state index in [1.54, 1.807) is 0 Å². The molecule has 4 nitrogen and oxygen atoms in total. The third-order valence-corrected chi connectivity index (χ3v) is 10.3. The summed E-state index contributed by atoms with van der Waals surface area (Å²) in [5.41, 5.74) is 1.07. The van der Waals surface area contributed by atoms with Crippen LogP contribution in [-0.2, 0) is 14.3 Å². The van der Waals surface area contributed by atoms with E-state index in [1.807, 2.05) is 30.3 Å². The summed E-state index contributed by atoms with van der Waals surface area (Å²) in [6, 6.07) is 9.27. The SMILES string of the molecule is C[C@H](CCCOC(=O)c1ccccc1)[C@H]1CC[C@H]2[C@@H]3CC=C4OC(=O)CC[C@]4(C)[C@H]3CC[C@]12C. The number of fused-ring (bicyclic) bond motifs is 5. The molecular formula is C30H40O4. The molecule has 1 aromatic rings. The van der Waals surface area contributed by atoms with Crippen molar-refractivity contribution >= 4 is 11.9 Å². The Kier molecular flexibility index (Phi) is 6.37. The lowest BCUT2D eigenvalue weighted by molar-refractivity contribution is -0.152. The van der Waals surface area contributed by atoms with Crippen LogP contribution in [0.2, 0.25) is 0 Å². The molecule has 4 heteroatoms. The number of esters is 2. The van der Waals surface area contributed by atoms with Gasteiger partial charge in [0.1, 0.15) is 5.76 Å². The van der Waals surface area contributed by atoms with Crippen molar-refractivity contribution in [2.75, 3.05) is 6.61 Å². The molecule has 0 spiro atoms. The van der Waals surface area contributed by atoms with Crippen molar-refractivity contribution in [2.24, 2.45) is 40.4 Å². The predicted octanol–water partition coefficient (Wildman–Crippen LogP) is 6.95. The molecule has 34 heavy (non-hydrogen) atoms. The summed E-state index contributed by atoms with van der Waals surface area (Å²) < 4.78 is 11.3. The Bertz CT molecular complexity index is 952. The zero-order chi connectivity index (χ0) is 23.9. The number of carbonyl (C=O) groups is 2. The van der Waals surface area contributed by atoms with Crippen LogP contribution in [-0.4, -0.2) is 18.5 Å². The Hall–Kier alpha value is -2.10. The quantitative estimate of drug-likeness (QED) is 0.338. The molecule has 0 unspecified atom stereocenters. The fraction of sp³-hybridized carbons (Fsp3) is 0.667. The number of benzene rings is 1. The third kappa shape index (κ3) is 4.01. The lowest BCUT2D eigenvalue weighted by atomic mass is 9.49. The van der Waals surface area contributed by atoms with Gasteiger partial charge in [0.25, 0.3) is 0 Å². The summed E-state index contributed by atoms with van der Waals surface area (Å²) in [5, 5.41) is 0. The standard InChI is InChI=1S/C30H40O4/c1-20(8-7-19-33-28(32)21-9-5-4-6-10-21)23-12-13-24-22-11-14-26-30(3,18-16-27(31)34-26)25(22)15-17-29(23,24)2/h4-6,9-10,14,20,22-25H,7-8,11-13,15-19H2,1-3H3/t20-,22+,23-,24+,25+,29-,30-/m1/s1. The third-order valence-electron chi connectivity index (χ3n) is 10.3. The van der Waals surface area contributed by atoms with E-state index in [0.29, 0.717) is 41.8 Å². The highest BCUT2D eigenvalue weighted by atomic mass is 16.5. The Morgan fingerprint density at radius 1 is 1.12 bits per heavy atom. The maximum atomic E-state index is 12.2. The van der Waals surface area contributed by atoms with Crippen LogP contribution in [0.15, 0.2) is 42.2 Å². The number of carbonyl (C=O) groups excluding carboxylic acids is 2. The second kappa shape index (κ2) is 9.17. The van der Waals surface area contributed by atoms with Crippen LogP contribution < -0.4 is 0 Å². The number of ether oxygens (including phenoxy) is 2. The molecular weight excluding hydrogens is 424 g/mol. The topological polar surface area (TPSA) is 52.6 Å². The maximum absolute atomic E-state index is 12.2. The van der Waals surface area contributed by atoms with Crippen molar-refractivity contribution in [3.63, 3.8) is 0 Å². The molecule has 184 valence electrons. The Morgan fingerprint density at radius 2 is 1.91 bits per heavy atom. The van der Waals surface area contributed by atoms with E-state index in [4.69, 9.17) is 9.47 Å². The molecule has 0 amide bonds. The van der Waals surface area contributed by atoms with Crippen molar-refractivity contribution in [2.45, 2.75) is 78.6 Å². The lowest BCUT2D eigenvalue weighted by Crippen LogP contribution is -2.51. The molecule has 5 rings (SSSR count). The lowest BCUT2D eigenvalue weighted by Gasteiger charge is -2.57. The number of rotatable bonds is 6. The molecule has 3 fully saturated rings. The minimum absolute atomic E-state index is 0.0461. The van der Waals surface area contributed by atoms with Gasteiger partial charge in [-0.25, -0.2) is 4.79 Å². The van der Waals surface area contributed by atoms with Gasteiger partial charge in [0, 0.05) is 11.8 Å². The Morgan fingerprint density at radius 3 is 2.71 bits per heavy atom. The largest absolute Gasteiger partial charge is 0.462 e. The predicted molar refractivity (Wildman–Crippen MR) is 132 cm³/mol. The van der Waals surface area contributed by atoms with Crippen molar-refractivity contribution in [3.8, 4) is 0 Å². The van der Waals surface area contributed by atoms with E-state index >= 15 is 0 Å². The van der Waals surface area contributed by atoms with Gasteiger partial charge in [0.05, 0.1) is 12.2 Å². The maximum Gasteiger partial charge on any atom is 0.338 e. The van der Waals surface area contributed by atoms with Crippen LogP contribution >= 0.6 is 0 Å². The smallest absolute Gasteiger partial charge is 0.338 e. The van der Waals surface area contributed by atoms with Gasteiger partial charge in [0.15, 0.2) is 0 Å². The molecule has 1 heterocycles. The van der Waals surface area contributed by atoms with Crippen LogP contribution in [0.5, 0.6) is 0 Å². The highest BCUT2D eigenvalue weighted by Gasteiger charge is 2.59. The van der Waals surface area contributed by atoms with E-state index in [0.717, 1.165) is 43.3 Å². The Labute approximate surface area is 204 Å². The minimum Gasteiger partial charge on any atom is -0.462 e. The van der Waals surface area contributed by atoms with Crippen LogP contribution in [0.4, 0.5) is 0 Å². The van der Waals surface area contributed by atoms with E-state index in [-0.39, 0.29) is 17.4 Å². The van der Waals surface area contributed by atoms with Crippen molar-refractivity contribution in [1.29, 1.82) is 0 Å². The van der Waals surface area contributed by atoms with Gasteiger partial charge in [-0.1, -0.05) is 39.0 Å². The van der Waals surface area contributed by atoms with Gasteiger partial charge >= 0.3 is 11.9 Å². The van der Waals surface area contributed by atoms with Crippen molar-refractivity contribution in [1.82, 2.24) is 0 Å². The minimum atomic E-state index is -0.217. The second-order valence-electron chi connectivity index (χ2n) is 11.9.